The Balaban J connectivity index is 1.96. The monoisotopic (exact) mass is 302 g/mol. The van der Waals surface area contributed by atoms with Gasteiger partial charge in [0.25, 0.3) is 0 Å². The number of rotatable bonds is 3. The summed E-state index contributed by atoms with van der Waals surface area (Å²) in [5.74, 6) is 0.974. The number of nitrogens with two attached hydrogens (primary N) is 1. The van der Waals surface area contributed by atoms with Crippen molar-refractivity contribution in [1.29, 1.82) is 0 Å². The Morgan fingerprint density at radius 3 is 2.86 bits per heavy atom. The summed E-state index contributed by atoms with van der Waals surface area (Å²) in [6.07, 6.45) is 0.786. The molecule has 0 spiro atoms. The number of para-hydroxylation sites is 1. The molecule has 2 aromatic rings. The van der Waals surface area contributed by atoms with Crippen molar-refractivity contribution in [3.05, 3.63) is 58.6 Å². The third kappa shape index (κ3) is 2.99. The first kappa shape index (κ1) is 14.2. The second-order valence-corrected chi connectivity index (χ2v) is 5.56. The molecule has 0 fully saturated rings. The highest BCUT2D eigenvalue weighted by atomic mass is 35.5. The van der Waals surface area contributed by atoms with E-state index in [0.717, 1.165) is 41.5 Å². The number of hydrogen-bond acceptors (Lipinski definition) is 3. The molecule has 0 aliphatic carbocycles. The van der Waals surface area contributed by atoms with Crippen LogP contribution in [0.15, 0.2) is 42.5 Å². The number of anilines is 1. The van der Waals surface area contributed by atoms with Crippen LogP contribution >= 0.6 is 11.6 Å². The van der Waals surface area contributed by atoms with Crippen LogP contribution in [0.3, 0.4) is 0 Å². The van der Waals surface area contributed by atoms with Crippen LogP contribution in [-0.2, 0) is 13.0 Å². The van der Waals surface area contributed by atoms with Crippen LogP contribution in [0.1, 0.15) is 11.1 Å². The van der Waals surface area contributed by atoms with Gasteiger partial charge in [-0.25, -0.2) is 0 Å². The molecule has 3 rings (SSSR count). The average molecular weight is 303 g/mol. The van der Waals surface area contributed by atoms with Crippen molar-refractivity contribution in [3.8, 4) is 5.75 Å². The fraction of sp³-hybridized carbons (Fsp3) is 0.294. The molecule has 0 atom stereocenters. The molecule has 2 aromatic carbocycles. The van der Waals surface area contributed by atoms with Gasteiger partial charge in [0.15, 0.2) is 0 Å². The van der Waals surface area contributed by atoms with Gasteiger partial charge in [-0.1, -0.05) is 35.9 Å². The van der Waals surface area contributed by atoms with E-state index in [4.69, 9.17) is 22.1 Å². The van der Waals surface area contributed by atoms with E-state index >= 15 is 0 Å². The van der Waals surface area contributed by atoms with Gasteiger partial charge < -0.3 is 15.4 Å². The maximum atomic E-state index is 6.35. The van der Waals surface area contributed by atoms with Crippen LogP contribution in [-0.4, -0.2) is 19.7 Å². The summed E-state index contributed by atoms with van der Waals surface area (Å²) in [5, 5.41) is 0.788. The van der Waals surface area contributed by atoms with E-state index in [-0.39, 0.29) is 0 Å². The lowest BCUT2D eigenvalue weighted by atomic mass is 10.1. The van der Waals surface area contributed by atoms with E-state index in [1.807, 2.05) is 30.3 Å². The summed E-state index contributed by atoms with van der Waals surface area (Å²) in [7, 11) is 0. The summed E-state index contributed by atoms with van der Waals surface area (Å²) >= 11 is 6.35. The minimum absolute atomic E-state index is 0.595. The molecule has 3 nitrogen and oxygen atoms in total. The molecule has 2 N–H and O–H groups in total. The molecule has 1 aliphatic heterocycles. The molecular weight excluding hydrogens is 284 g/mol. The Hall–Kier alpha value is -1.71. The lowest BCUT2D eigenvalue weighted by Gasteiger charge is -2.25. The standard InChI is InChI=1S/C17H19ClN2O/c18-15-5-3-6-16(14(15)8-9-19)20-10-11-21-17-7-2-1-4-13(17)12-20/h1-7H,8-12,19H2. The molecule has 0 amide bonds. The van der Waals surface area contributed by atoms with Gasteiger partial charge in [0, 0.05) is 22.8 Å². The number of halogens is 1. The Kier molecular flexibility index (Phi) is 4.32. The lowest BCUT2D eigenvalue weighted by Crippen LogP contribution is -2.26. The van der Waals surface area contributed by atoms with Gasteiger partial charge in [0.1, 0.15) is 12.4 Å². The second kappa shape index (κ2) is 6.37. The lowest BCUT2D eigenvalue weighted by molar-refractivity contribution is 0.331. The molecule has 0 saturated carbocycles. The van der Waals surface area contributed by atoms with Gasteiger partial charge in [-0.2, -0.15) is 0 Å². The van der Waals surface area contributed by atoms with E-state index in [1.54, 1.807) is 0 Å². The molecule has 1 heterocycles. The minimum atomic E-state index is 0.595. The first-order chi connectivity index (χ1) is 10.3. The van der Waals surface area contributed by atoms with E-state index in [0.29, 0.717) is 13.2 Å². The third-order valence-corrected chi connectivity index (χ3v) is 4.14. The molecule has 0 unspecified atom stereocenters. The van der Waals surface area contributed by atoms with Gasteiger partial charge in [0.05, 0.1) is 6.54 Å². The highest BCUT2D eigenvalue weighted by molar-refractivity contribution is 6.31. The molecule has 0 radical (unpaired) electrons. The van der Waals surface area contributed by atoms with Crippen LogP contribution in [0.5, 0.6) is 5.75 Å². The van der Waals surface area contributed by atoms with E-state index in [2.05, 4.69) is 17.0 Å². The molecule has 0 saturated heterocycles. The van der Waals surface area contributed by atoms with Crippen molar-refractivity contribution < 1.29 is 4.74 Å². The van der Waals surface area contributed by atoms with Crippen molar-refractivity contribution in [3.63, 3.8) is 0 Å². The fourth-order valence-corrected chi connectivity index (χ4v) is 3.03. The summed E-state index contributed by atoms with van der Waals surface area (Å²) in [6.45, 7) is 2.93. The zero-order valence-corrected chi connectivity index (χ0v) is 12.6. The number of ether oxygens (including phenoxy) is 1. The van der Waals surface area contributed by atoms with Crippen LogP contribution in [0.2, 0.25) is 5.02 Å². The average Bonchev–Trinajstić information content (AvgIpc) is 2.71. The van der Waals surface area contributed by atoms with Crippen LogP contribution < -0.4 is 15.4 Å². The van der Waals surface area contributed by atoms with Crippen molar-refractivity contribution in [1.82, 2.24) is 0 Å². The largest absolute Gasteiger partial charge is 0.491 e. The number of hydrogen-bond donors (Lipinski definition) is 1. The molecule has 21 heavy (non-hydrogen) atoms. The van der Waals surface area contributed by atoms with Crippen molar-refractivity contribution >= 4 is 17.3 Å². The Bertz CT molecular complexity index is 630. The molecule has 110 valence electrons. The quantitative estimate of drug-likeness (QED) is 0.946. The first-order valence-corrected chi connectivity index (χ1v) is 7.60. The maximum Gasteiger partial charge on any atom is 0.124 e. The zero-order valence-electron chi connectivity index (χ0n) is 11.9. The predicted molar refractivity (Wildman–Crippen MR) is 87.2 cm³/mol. The predicted octanol–water partition coefficient (Wildman–Crippen LogP) is 3.24. The third-order valence-electron chi connectivity index (χ3n) is 3.78. The van der Waals surface area contributed by atoms with E-state index in [1.165, 1.54) is 5.56 Å². The summed E-state index contributed by atoms with van der Waals surface area (Å²) in [4.78, 5) is 2.32. The van der Waals surface area contributed by atoms with Gasteiger partial charge in [-0.3, -0.25) is 0 Å². The first-order valence-electron chi connectivity index (χ1n) is 7.22. The number of fused-ring (bicyclic) bond motifs is 1. The highest BCUT2D eigenvalue weighted by Crippen LogP contribution is 2.31. The van der Waals surface area contributed by atoms with E-state index in [9.17, 15) is 0 Å². The Labute approximate surface area is 130 Å². The van der Waals surface area contributed by atoms with E-state index < -0.39 is 0 Å². The summed E-state index contributed by atoms with van der Waals surface area (Å²) in [6, 6.07) is 14.2. The topological polar surface area (TPSA) is 38.5 Å². The minimum Gasteiger partial charge on any atom is -0.491 e. The molecule has 0 aromatic heterocycles. The second-order valence-electron chi connectivity index (χ2n) is 5.15. The normalized spacial score (nSPS) is 14.3. The van der Waals surface area contributed by atoms with Gasteiger partial charge in [-0.05, 0) is 36.7 Å². The fourth-order valence-electron chi connectivity index (χ4n) is 2.77. The maximum absolute atomic E-state index is 6.35. The molecule has 1 aliphatic rings. The molecule has 0 bridgehead atoms. The molecular formula is C17H19ClN2O. The number of benzene rings is 2. The Morgan fingerprint density at radius 1 is 1.14 bits per heavy atom. The van der Waals surface area contributed by atoms with Gasteiger partial charge in [-0.15, -0.1) is 0 Å². The highest BCUT2D eigenvalue weighted by Gasteiger charge is 2.18. The zero-order chi connectivity index (χ0) is 14.7. The van der Waals surface area contributed by atoms with Crippen molar-refractivity contribution in [2.24, 2.45) is 5.73 Å². The summed E-state index contributed by atoms with van der Waals surface area (Å²) < 4.78 is 5.83. The van der Waals surface area contributed by atoms with Gasteiger partial charge in [0.2, 0.25) is 0 Å². The van der Waals surface area contributed by atoms with Crippen molar-refractivity contribution in [2.75, 3.05) is 24.6 Å². The smallest absolute Gasteiger partial charge is 0.124 e. The van der Waals surface area contributed by atoms with Crippen LogP contribution in [0.25, 0.3) is 0 Å². The van der Waals surface area contributed by atoms with Gasteiger partial charge >= 0.3 is 0 Å². The Morgan fingerprint density at radius 2 is 2.00 bits per heavy atom. The van der Waals surface area contributed by atoms with Crippen LogP contribution in [0.4, 0.5) is 5.69 Å². The summed E-state index contributed by atoms with van der Waals surface area (Å²) in [5.41, 5.74) is 9.22. The van der Waals surface area contributed by atoms with Crippen LogP contribution in [0, 0.1) is 0 Å². The number of nitrogens with zero attached hydrogens (tertiary/aromatic N) is 1. The SMILES string of the molecule is NCCc1c(Cl)cccc1N1CCOc2ccccc2C1. The molecule has 4 heteroatoms. The van der Waals surface area contributed by atoms with Crippen molar-refractivity contribution in [2.45, 2.75) is 13.0 Å².